The van der Waals surface area contributed by atoms with Gasteiger partial charge in [-0.05, 0) is 48.6 Å². The molecule has 0 unspecified atom stereocenters. The fraction of sp³-hybridized carbons (Fsp3) is 0.100. The van der Waals surface area contributed by atoms with E-state index in [2.05, 4.69) is 20.3 Å². The average Bonchev–Trinajstić information content (AvgIpc) is 3.09. The van der Waals surface area contributed by atoms with Crippen molar-refractivity contribution in [3.63, 3.8) is 0 Å². The lowest BCUT2D eigenvalue weighted by atomic mass is 10.1. The van der Waals surface area contributed by atoms with Gasteiger partial charge in [-0.25, -0.2) is 14.4 Å². The third-order valence-corrected chi connectivity index (χ3v) is 4.15. The first-order valence-electron chi connectivity index (χ1n) is 10.0. The minimum Gasteiger partial charge on any atom is -0.330 e. The fourth-order valence-corrected chi connectivity index (χ4v) is 2.58. The van der Waals surface area contributed by atoms with Crippen LogP contribution in [0.4, 0.5) is 10.2 Å². The van der Waals surface area contributed by atoms with Crippen LogP contribution in [0.1, 0.15) is 21.7 Å². The summed E-state index contributed by atoms with van der Waals surface area (Å²) in [5, 5.41) is 3.92. The van der Waals surface area contributed by atoms with Crippen molar-refractivity contribution < 1.29 is 14.7 Å². The second-order valence-corrected chi connectivity index (χ2v) is 5.88. The maximum absolute atomic E-state index is 13.7. The Morgan fingerprint density at radius 2 is 1.81 bits per heavy atom. The summed E-state index contributed by atoms with van der Waals surface area (Å²) in [6.07, 6.45) is 4.87. The van der Waals surface area contributed by atoms with Crippen molar-refractivity contribution in [3.05, 3.63) is 72.1 Å². The highest BCUT2D eigenvalue weighted by atomic mass is 19.1. The number of aromatic nitrogens is 4. The van der Waals surface area contributed by atoms with E-state index in [-0.39, 0.29) is 5.82 Å². The maximum Gasteiger partial charge on any atom is 0.256 e. The van der Waals surface area contributed by atoms with Gasteiger partial charge in [0.2, 0.25) is 0 Å². The lowest BCUT2D eigenvalue weighted by Crippen LogP contribution is -2.12. The second-order valence-electron chi connectivity index (χ2n) is 5.88. The molecule has 0 saturated heterocycles. The molecule has 0 fully saturated rings. The quantitative estimate of drug-likeness (QED) is 0.600. The van der Waals surface area contributed by atoms with Gasteiger partial charge in [0.25, 0.3) is 5.91 Å². The molecule has 6 nitrogen and oxygen atoms in total. The Hall–Kier alpha value is -3.61. The molecular formula is C20H16FN5O. The van der Waals surface area contributed by atoms with Crippen LogP contribution in [0.2, 0.25) is 0 Å². The number of halogens is 1. The number of benzene rings is 1. The monoisotopic (exact) mass is 365 g/mol. The molecule has 1 aromatic carbocycles. The van der Waals surface area contributed by atoms with Gasteiger partial charge in [0, 0.05) is 30.4 Å². The second kappa shape index (κ2) is 6.60. The van der Waals surface area contributed by atoms with Crippen LogP contribution in [0.5, 0.6) is 0 Å². The summed E-state index contributed by atoms with van der Waals surface area (Å²) in [4.78, 5) is 25.5. The van der Waals surface area contributed by atoms with Crippen LogP contribution in [0.25, 0.3) is 22.2 Å². The summed E-state index contributed by atoms with van der Waals surface area (Å²) < 4.78 is 46.4. The number of pyridine rings is 2. The van der Waals surface area contributed by atoms with Crippen molar-refractivity contribution in [1.82, 2.24) is 19.5 Å². The Balaban J connectivity index is 1.71. The highest BCUT2D eigenvalue weighted by molar-refractivity contribution is 6.04. The number of imidazole rings is 1. The van der Waals surface area contributed by atoms with Gasteiger partial charge in [0.05, 0.1) is 23.1 Å². The van der Waals surface area contributed by atoms with Crippen LogP contribution in [-0.4, -0.2) is 25.4 Å². The van der Waals surface area contributed by atoms with E-state index in [1.165, 1.54) is 6.20 Å². The molecule has 0 aliphatic rings. The summed E-state index contributed by atoms with van der Waals surface area (Å²) in [5.41, 5.74) is 0.938. The smallest absolute Gasteiger partial charge is 0.256 e. The number of carbonyl (C=O) groups excluding carboxylic acids is 1. The number of nitrogens with one attached hydrogen (secondary N) is 1. The third-order valence-electron chi connectivity index (χ3n) is 4.15. The van der Waals surface area contributed by atoms with E-state index in [4.69, 9.17) is 5.48 Å². The molecule has 0 atom stereocenters. The molecule has 27 heavy (non-hydrogen) atoms. The van der Waals surface area contributed by atoms with Crippen molar-refractivity contribution >= 4 is 22.5 Å². The van der Waals surface area contributed by atoms with Crippen LogP contribution < -0.4 is 5.32 Å². The summed E-state index contributed by atoms with van der Waals surface area (Å²) >= 11 is 0. The zero-order valence-corrected chi connectivity index (χ0v) is 14.5. The van der Waals surface area contributed by atoms with E-state index in [0.29, 0.717) is 5.69 Å². The molecule has 0 radical (unpaired) electrons. The molecule has 1 N–H and O–H groups in total. The standard InChI is InChI=1S/C20H16FN5O/c1-12-22-11-18(26(12)2)17-7-14-8-19(24-10-15(14)9-23-17)25-20(27)13-3-5-16(21)6-4-13/h3-11H,1-2H3,(H,24,25,27)/i3D,4D,5D,6D. The van der Waals surface area contributed by atoms with E-state index >= 15 is 0 Å². The Kier molecular flexibility index (Phi) is 3.10. The van der Waals surface area contributed by atoms with Crippen molar-refractivity contribution in [3.8, 4) is 11.4 Å². The van der Waals surface area contributed by atoms with Gasteiger partial charge in [-0.15, -0.1) is 0 Å². The lowest BCUT2D eigenvalue weighted by molar-refractivity contribution is 0.102. The topological polar surface area (TPSA) is 72.7 Å². The number of hydrogen-bond acceptors (Lipinski definition) is 4. The molecule has 3 aromatic heterocycles. The predicted octanol–water partition coefficient (Wildman–Crippen LogP) is 3.73. The Labute approximate surface area is 160 Å². The minimum atomic E-state index is -1.30. The van der Waals surface area contributed by atoms with Crippen LogP contribution in [0.3, 0.4) is 0 Å². The number of carbonyl (C=O) groups is 1. The number of amides is 1. The molecule has 1 amide bonds. The summed E-state index contributed by atoms with van der Waals surface area (Å²) in [7, 11) is 1.88. The molecule has 0 spiro atoms. The third kappa shape index (κ3) is 3.27. The normalized spacial score (nSPS) is 13.0. The van der Waals surface area contributed by atoms with Gasteiger partial charge in [0.15, 0.2) is 0 Å². The van der Waals surface area contributed by atoms with Gasteiger partial charge < -0.3 is 9.88 Å². The van der Waals surface area contributed by atoms with Crippen LogP contribution in [0.15, 0.2) is 54.9 Å². The fourth-order valence-electron chi connectivity index (χ4n) is 2.58. The van der Waals surface area contributed by atoms with Crippen LogP contribution >= 0.6 is 0 Å². The van der Waals surface area contributed by atoms with Gasteiger partial charge in [-0.3, -0.25) is 9.78 Å². The van der Waals surface area contributed by atoms with Gasteiger partial charge in [0.1, 0.15) is 17.5 Å². The number of nitrogens with zero attached hydrogens (tertiary/aromatic N) is 4. The molecule has 0 aliphatic carbocycles. The Bertz CT molecular complexity index is 1340. The molecule has 134 valence electrons. The van der Waals surface area contributed by atoms with E-state index in [9.17, 15) is 9.18 Å². The number of fused-ring (bicyclic) bond motifs is 1. The lowest BCUT2D eigenvalue weighted by Gasteiger charge is -2.08. The summed E-state index contributed by atoms with van der Waals surface area (Å²) in [5.74, 6) is -1.25. The highest BCUT2D eigenvalue weighted by Gasteiger charge is 2.10. The number of aryl methyl sites for hydroxylation is 1. The molecule has 4 rings (SSSR count). The first kappa shape index (κ1) is 12.7. The number of hydrogen-bond donors (Lipinski definition) is 1. The van der Waals surface area contributed by atoms with Crippen molar-refractivity contribution in [2.75, 3.05) is 5.32 Å². The number of rotatable bonds is 3. The Morgan fingerprint density at radius 1 is 1.07 bits per heavy atom. The average molecular weight is 365 g/mol. The van der Waals surface area contributed by atoms with Crippen molar-refractivity contribution in [1.29, 1.82) is 0 Å². The van der Waals surface area contributed by atoms with E-state index in [1.54, 1.807) is 18.5 Å². The van der Waals surface area contributed by atoms with Crippen LogP contribution in [-0.2, 0) is 7.05 Å². The highest BCUT2D eigenvalue weighted by Crippen LogP contribution is 2.23. The van der Waals surface area contributed by atoms with Crippen molar-refractivity contribution in [2.24, 2.45) is 7.05 Å². The summed E-state index contributed by atoms with van der Waals surface area (Å²) in [6, 6.07) is 0.0995. The molecule has 0 saturated carbocycles. The van der Waals surface area contributed by atoms with Crippen LogP contribution in [0, 0.1) is 12.7 Å². The first-order chi connectivity index (χ1) is 14.7. The minimum absolute atomic E-state index is 0.136. The zero-order chi connectivity index (χ0) is 22.4. The van der Waals surface area contributed by atoms with Gasteiger partial charge >= 0.3 is 0 Å². The van der Waals surface area contributed by atoms with Gasteiger partial charge in [-0.2, -0.15) is 0 Å². The molecule has 3 heterocycles. The van der Waals surface area contributed by atoms with Crippen molar-refractivity contribution in [2.45, 2.75) is 6.92 Å². The van der Waals surface area contributed by atoms with E-state index < -0.39 is 41.5 Å². The first-order valence-corrected chi connectivity index (χ1v) is 8.00. The maximum atomic E-state index is 13.7. The molecule has 7 heteroatoms. The largest absolute Gasteiger partial charge is 0.330 e. The van der Waals surface area contributed by atoms with Gasteiger partial charge in [-0.1, -0.05) is 0 Å². The van der Waals surface area contributed by atoms with E-state index in [0.717, 1.165) is 22.3 Å². The van der Waals surface area contributed by atoms with E-state index in [1.807, 2.05) is 24.6 Å². The SMILES string of the molecule is [2H]c1c([2H])c(C(=O)Nc2cc3cc(-c4cnc(C)n4C)ncc3cn2)c([2H])c([2H])c1F. The predicted molar refractivity (Wildman–Crippen MR) is 101 cm³/mol. The Morgan fingerprint density at radius 3 is 2.52 bits per heavy atom. The summed E-state index contributed by atoms with van der Waals surface area (Å²) in [6.45, 7) is 1.88. The molecule has 4 aromatic rings. The molecule has 0 aliphatic heterocycles. The molecular weight excluding hydrogens is 345 g/mol. The zero-order valence-electron chi connectivity index (χ0n) is 18.5. The molecule has 0 bridgehead atoms. The number of anilines is 1.